The van der Waals surface area contributed by atoms with Gasteiger partial charge in [-0.2, -0.15) is 5.10 Å². The molecule has 7 nitrogen and oxygen atoms in total. The van der Waals surface area contributed by atoms with Gasteiger partial charge >= 0.3 is 5.97 Å². The maximum Gasteiger partial charge on any atom is 0.334 e. The second-order valence-corrected chi connectivity index (χ2v) is 5.93. The molecule has 0 saturated carbocycles. The molecule has 24 heavy (non-hydrogen) atoms. The van der Waals surface area contributed by atoms with Crippen LogP contribution >= 0.6 is 11.6 Å². The van der Waals surface area contributed by atoms with Gasteiger partial charge in [-0.25, -0.2) is 9.48 Å². The van der Waals surface area contributed by atoms with Gasteiger partial charge in [-0.15, -0.1) is 0 Å². The fourth-order valence-corrected chi connectivity index (χ4v) is 2.68. The van der Waals surface area contributed by atoms with E-state index < -0.39 is 12.1 Å². The number of carboxylic acids is 1. The molecule has 0 radical (unpaired) electrons. The molecule has 1 saturated heterocycles. The summed E-state index contributed by atoms with van der Waals surface area (Å²) in [5.74, 6) is -1.32. The highest BCUT2D eigenvalue weighted by molar-refractivity contribution is 6.30. The van der Waals surface area contributed by atoms with Crippen LogP contribution in [0.4, 0.5) is 0 Å². The molecule has 0 spiro atoms. The van der Waals surface area contributed by atoms with Crippen LogP contribution in [0.2, 0.25) is 5.02 Å². The van der Waals surface area contributed by atoms with Gasteiger partial charge in [0, 0.05) is 17.8 Å². The third kappa shape index (κ3) is 3.27. The summed E-state index contributed by atoms with van der Waals surface area (Å²) in [7, 11) is 0. The number of carbonyl (C=O) groups is 2. The Morgan fingerprint density at radius 2 is 2.04 bits per heavy atom. The highest BCUT2D eigenvalue weighted by Crippen LogP contribution is 2.18. The van der Waals surface area contributed by atoms with E-state index >= 15 is 0 Å². The Morgan fingerprint density at radius 3 is 2.71 bits per heavy atom. The molecule has 3 rings (SSSR count). The van der Waals surface area contributed by atoms with E-state index in [4.69, 9.17) is 21.4 Å². The minimum Gasteiger partial charge on any atom is -0.479 e. The predicted molar refractivity (Wildman–Crippen MR) is 86.6 cm³/mol. The van der Waals surface area contributed by atoms with Crippen molar-refractivity contribution in [2.45, 2.75) is 13.0 Å². The molecule has 1 aliphatic rings. The van der Waals surface area contributed by atoms with Crippen molar-refractivity contribution in [2.24, 2.45) is 0 Å². The molecule has 1 atom stereocenters. The first kappa shape index (κ1) is 16.5. The number of ether oxygens (including phenoxy) is 1. The summed E-state index contributed by atoms with van der Waals surface area (Å²) in [5.41, 5.74) is 1.80. The van der Waals surface area contributed by atoms with E-state index in [0.717, 1.165) is 5.69 Å². The van der Waals surface area contributed by atoms with Crippen LogP contribution in [0.5, 0.6) is 0 Å². The molecule has 2 aromatic rings. The van der Waals surface area contributed by atoms with Crippen LogP contribution in [-0.2, 0) is 9.53 Å². The van der Waals surface area contributed by atoms with Gasteiger partial charge in [-0.05, 0) is 31.2 Å². The molecule has 8 heteroatoms. The molecule has 1 amide bonds. The lowest BCUT2D eigenvalue weighted by Gasteiger charge is -2.30. The van der Waals surface area contributed by atoms with Crippen LogP contribution < -0.4 is 0 Å². The number of aryl methyl sites for hydroxylation is 1. The molecule has 1 unspecified atom stereocenters. The summed E-state index contributed by atoms with van der Waals surface area (Å²) >= 11 is 5.88. The summed E-state index contributed by atoms with van der Waals surface area (Å²) in [4.78, 5) is 25.2. The predicted octanol–water partition coefficient (Wildman–Crippen LogP) is 1.76. The quantitative estimate of drug-likeness (QED) is 0.912. The van der Waals surface area contributed by atoms with Crippen LogP contribution in [0.3, 0.4) is 0 Å². The number of amides is 1. The van der Waals surface area contributed by atoms with E-state index in [9.17, 15) is 9.59 Å². The van der Waals surface area contributed by atoms with Gasteiger partial charge in [0.15, 0.2) is 6.10 Å². The Hall–Kier alpha value is -2.38. The fraction of sp³-hybridized carbons (Fsp3) is 0.312. The van der Waals surface area contributed by atoms with Crippen molar-refractivity contribution in [2.75, 3.05) is 19.7 Å². The Kier molecular flexibility index (Phi) is 4.55. The molecule has 1 aromatic carbocycles. The summed E-state index contributed by atoms with van der Waals surface area (Å²) < 4.78 is 6.75. The number of aromatic nitrogens is 2. The average molecular weight is 350 g/mol. The van der Waals surface area contributed by atoms with Gasteiger partial charge in [0.2, 0.25) is 0 Å². The fourth-order valence-electron chi connectivity index (χ4n) is 2.55. The number of rotatable bonds is 3. The normalized spacial score (nSPS) is 17.8. The first-order valence-electron chi connectivity index (χ1n) is 7.41. The Bertz CT molecular complexity index is 772. The summed E-state index contributed by atoms with van der Waals surface area (Å²) in [6.07, 6.45) is 0.654. The molecular formula is C16H16ClN3O4. The van der Waals surface area contributed by atoms with Crippen LogP contribution in [0.25, 0.3) is 5.69 Å². The van der Waals surface area contributed by atoms with E-state index in [1.807, 2.05) is 0 Å². The Morgan fingerprint density at radius 1 is 1.33 bits per heavy atom. The summed E-state index contributed by atoms with van der Waals surface area (Å²) in [6, 6.07) is 7.10. The van der Waals surface area contributed by atoms with Crippen molar-refractivity contribution in [1.29, 1.82) is 0 Å². The van der Waals surface area contributed by atoms with Gasteiger partial charge in [0.25, 0.3) is 5.91 Å². The largest absolute Gasteiger partial charge is 0.479 e. The third-order valence-corrected chi connectivity index (χ3v) is 4.10. The minimum atomic E-state index is -1.07. The number of benzene rings is 1. The maximum absolute atomic E-state index is 12.7. The van der Waals surface area contributed by atoms with Crippen LogP contribution in [-0.4, -0.2) is 57.5 Å². The van der Waals surface area contributed by atoms with Gasteiger partial charge in [0.05, 0.1) is 30.1 Å². The molecule has 0 aliphatic carbocycles. The zero-order chi connectivity index (χ0) is 17.3. The lowest BCUT2D eigenvalue weighted by atomic mass is 10.2. The highest BCUT2D eigenvalue weighted by atomic mass is 35.5. The summed E-state index contributed by atoms with van der Waals surface area (Å²) in [5, 5.41) is 14.0. The average Bonchev–Trinajstić information content (AvgIpc) is 2.96. The van der Waals surface area contributed by atoms with Crippen LogP contribution in [0.1, 0.15) is 16.1 Å². The first-order chi connectivity index (χ1) is 11.5. The van der Waals surface area contributed by atoms with Gasteiger partial charge in [-0.1, -0.05) is 11.6 Å². The first-order valence-corrected chi connectivity index (χ1v) is 7.79. The number of halogens is 1. The van der Waals surface area contributed by atoms with Crippen LogP contribution in [0, 0.1) is 6.92 Å². The van der Waals surface area contributed by atoms with Crippen molar-refractivity contribution in [3.63, 3.8) is 0 Å². The third-order valence-electron chi connectivity index (χ3n) is 3.85. The molecule has 1 fully saturated rings. The molecule has 2 heterocycles. The van der Waals surface area contributed by atoms with E-state index in [-0.39, 0.29) is 19.1 Å². The summed E-state index contributed by atoms with van der Waals surface area (Å²) in [6.45, 7) is 2.33. The minimum absolute atomic E-state index is 0.0275. The molecule has 1 N–H and O–H groups in total. The number of carboxylic acid groups (broad SMARTS) is 1. The van der Waals surface area contributed by atoms with Crippen molar-refractivity contribution in [3.05, 3.63) is 46.7 Å². The lowest BCUT2D eigenvalue weighted by molar-refractivity contribution is -0.154. The van der Waals surface area contributed by atoms with Gasteiger partial charge in [-0.3, -0.25) is 4.79 Å². The number of morpholine rings is 1. The second-order valence-electron chi connectivity index (χ2n) is 5.50. The number of carbonyl (C=O) groups excluding carboxylic acids is 1. The number of hydrogen-bond donors (Lipinski definition) is 1. The SMILES string of the molecule is Cc1nn(-c2ccc(Cl)cc2)cc1C(=O)N1CCOC(C(=O)O)C1. The second kappa shape index (κ2) is 6.62. The highest BCUT2D eigenvalue weighted by Gasteiger charge is 2.30. The monoisotopic (exact) mass is 349 g/mol. The van der Waals surface area contributed by atoms with Crippen molar-refractivity contribution in [1.82, 2.24) is 14.7 Å². The molecule has 1 aromatic heterocycles. The lowest BCUT2D eigenvalue weighted by Crippen LogP contribution is -2.48. The van der Waals surface area contributed by atoms with Crippen molar-refractivity contribution < 1.29 is 19.4 Å². The van der Waals surface area contributed by atoms with E-state index in [1.54, 1.807) is 42.1 Å². The van der Waals surface area contributed by atoms with Crippen molar-refractivity contribution >= 4 is 23.5 Å². The Balaban J connectivity index is 1.83. The van der Waals surface area contributed by atoms with E-state index in [0.29, 0.717) is 22.8 Å². The molecule has 1 aliphatic heterocycles. The topological polar surface area (TPSA) is 84.7 Å². The van der Waals surface area contributed by atoms with Gasteiger partial charge in [0.1, 0.15) is 0 Å². The smallest absolute Gasteiger partial charge is 0.334 e. The number of aliphatic carboxylic acids is 1. The van der Waals surface area contributed by atoms with Crippen molar-refractivity contribution in [3.8, 4) is 5.69 Å². The standard InChI is InChI=1S/C16H16ClN3O4/c1-10-13(8-20(18-10)12-4-2-11(17)3-5-12)15(21)19-6-7-24-14(9-19)16(22)23/h2-5,8,14H,6-7,9H2,1H3,(H,22,23). The van der Waals surface area contributed by atoms with Gasteiger partial charge < -0.3 is 14.7 Å². The molecule has 126 valence electrons. The van der Waals surface area contributed by atoms with Crippen LogP contribution in [0.15, 0.2) is 30.5 Å². The number of hydrogen-bond acceptors (Lipinski definition) is 4. The van der Waals surface area contributed by atoms with E-state index in [1.165, 1.54) is 4.90 Å². The zero-order valence-corrected chi connectivity index (χ0v) is 13.7. The van der Waals surface area contributed by atoms with E-state index in [2.05, 4.69) is 5.10 Å². The molecule has 0 bridgehead atoms. The zero-order valence-electron chi connectivity index (χ0n) is 13.0. The number of nitrogens with zero attached hydrogens (tertiary/aromatic N) is 3. The maximum atomic E-state index is 12.7. The Labute approximate surface area is 143 Å². The molecular weight excluding hydrogens is 334 g/mol.